The molecule has 1 aliphatic carbocycles. The number of likely N-dealkylation sites (N-methyl/N-ethyl adjacent to an activating group) is 1. The van der Waals surface area contributed by atoms with Crippen molar-refractivity contribution < 1.29 is 9.59 Å². The van der Waals surface area contributed by atoms with Crippen LogP contribution in [-0.4, -0.2) is 43.4 Å². The van der Waals surface area contributed by atoms with E-state index in [0.717, 1.165) is 5.56 Å². The molecule has 0 unspecified atom stereocenters. The van der Waals surface area contributed by atoms with Crippen molar-refractivity contribution in [3.05, 3.63) is 35.4 Å². The van der Waals surface area contributed by atoms with Gasteiger partial charge in [0.1, 0.15) is 0 Å². The lowest BCUT2D eigenvalue weighted by Gasteiger charge is -2.17. The van der Waals surface area contributed by atoms with Gasteiger partial charge in [-0.25, -0.2) is 0 Å². The van der Waals surface area contributed by atoms with Crippen molar-refractivity contribution in [3.8, 4) is 0 Å². The van der Waals surface area contributed by atoms with Gasteiger partial charge in [0.2, 0.25) is 5.91 Å². The van der Waals surface area contributed by atoms with Gasteiger partial charge in [0, 0.05) is 32.2 Å². The Bertz CT molecular complexity index is 480. The molecule has 2 N–H and O–H groups in total. The normalized spacial score (nSPS) is 13.9. The lowest BCUT2D eigenvalue weighted by molar-refractivity contribution is -0.129. The Balaban J connectivity index is 1.84. The van der Waals surface area contributed by atoms with E-state index < -0.39 is 0 Å². The molecule has 1 aromatic carbocycles. The molecule has 0 atom stereocenters. The monoisotopic (exact) mass is 275 g/mol. The minimum Gasteiger partial charge on any atom is -0.355 e. The largest absolute Gasteiger partial charge is 0.355 e. The third kappa shape index (κ3) is 4.06. The van der Waals surface area contributed by atoms with Crippen molar-refractivity contribution in [2.75, 3.05) is 20.6 Å². The summed E-state index contributed by atoms with van der Waals surface area (Å²) in [5.74, 6) is -0.0121. The molecule has 0 aliphatic heterocycles. The average Bonchev–Trinajstić information content (AvgIpc) is 3.28. The van der Waals surface area contributed by atoms with E-state index >= 15 is 0 Å². The summed E-state index contributed by atoms with van der Waals surface area (Å²) in [4.78, 5) is 25.0. The van der Waals surface area contributed by atoms with Crippen LogP contribution in [0.5, 0.6) is 0 Å². The van der Waals surface area contributed by atoms with Gasteiger partial charge in [-0.15, -0.1) is 0 Å². The summed E-state index contributed by atoms with van der Waals surface area (Å²) in [6.07, 6.45) is 2.36. The molecule has 2 rings (SSSR count). The number of benzene rings is 1. The Morgan fingerprint density at radius 3 is 2.45 bits per heavy atom. The van der Waals surface area contributed by atoms with E-state index in [4.69, 9.17) is 0 Å². The molecule has 0 radical (unpaired) electrons. The highest BCUT2D eigenvalue weighted by Gasteiger charge is 2.22. The molecule has 108 valence electrons. The zero-order valence-corrected chi connectivity index (χ0v) is 12.0. The summed E-state index contributed by atoms with van der Waals surface area (Å²) in [5, 5.41) is 5.79. The zero-order chi connectivity index (χ0) is 14.5. The highest BCUT2D eigenvalue weighted by atomic mass is 16.2. The number of nitrogens with one attached hydrogen (secondary N) is 2. The van der Waals surface area contributed by atoms with Crippen molar-refractivity contribution in [3.63, 3.8) is 0 Å². The first kappa shape index (κ1) is 14.5. The van der Waals surface area contributed by atoms with Crippen LogP contribution in [0.25, 0.3) is 0 Å². The first-order valence-electron chi connectivity index (χ1n) is 6.88. The molecule has 0 heterocycles. The summed E-state index contributed by atoms with van der Waals surface area (Å²) >= 11 is 0. The minimum absolute atomic E-state index is 0.0901. The summed E-state index contributed by atoms with van der Waals surface area (Å²) in [6, 6.07) is 7.84. The Labute approximate surface area is 119 Å². The number of nitrogens with zero attached hydrogens (tertiary/aromatic N) is 1. The van der Waals surface area contributed by atoms with Crippen LogP contribution >= 0.6 is 0 Å². The standard InChI is InChI=1S/C15H21N3O2/c1-16-15(20)12-5-3-11(4-6-12)10-18(2)14(19)9-17-13-7-8-13/h3-6,13,17H,7-10H2,1-2H3,(H,16,20). The summed E-state index contributed by atoms with van der Waals surface area (Å²) in [6.45, 7) is 0.955. The van der Waals surface area contributed by atoms with Crippen molar-refractivity contribution in [1.29, 1.82) is 0 Å². The fourth-order valence-electron chi connectivity index (χ4n) is 1.92. The molecule has 2 amide bonds. The van der Waals surface area contributed by atoms with E-state index in [2.05, 4.69) is 10.6 Å². The minimum atomic E-state index is -0.102. The third-order valence-electron chi connectivity index (χ3n) is 3.41. The van der Waals surface area contributed by atoms with Gasteiger partial charge < -0.3 is 15.5 Å². The van der Waals surface area contributed by atoms with Gasteiger partial charge in [0.15, 0.2) is 0 Å². The Morgan fingerprint density at radius 2 is 1.90 bits per heavy atom. The lowest BCUT2D eigenvalue weighted by Crippen LogP contribution is -2.35. The molecular weight excluding hydrogens is 254 g/mol. The molecule has 0 spiro atoms. The Morgan fingerprint density at radius 1 is 1.25 bits per heavy atom. The summed E-state index contributed by atoms with van der Waals surface area (Å²) in [5.41, 5.74) is 1.64. The fourth-order valence-corrected chi connectivity index (χ4v) is 1.92. The molecule has 5 heteroatoms. The van der Waals surface area contributed by atoms with Crippen molar-refractivity contribution in [2.45, 2.75) is 25.4 Å². The van der Waals surface area contributed by atoms with E-state index in [1.165, 1.54) is 12.8 Å². The Hall–Kier alpha value is -1.88. The van der Waals surface area contributed by atoms with E-state index in [0.29, 0.717) is 24.7 Å². The number of carbonyl (C=O) groups is 2. The summed E-state index contributed by atoms with van der Waals surface area (Å²) in [7, 11) is 3.40. The molecule has 1 aliphatic rings. The predicted octanol–water partition coefficient (Wildman–Crippen LogP) is 0.757. The van der Waals surface area contributed by atoms with Gasteiger partial charge in [-0.05, 0) is 30.5 Å². The number of hydrogen-bond acceptors (Lipinski definition) is 3. The predicted molar refractivity (Wildman–Crippen MR) is 77.3 cm³/mol. The molecular formula is C15H21N3O2. The van der Waals surface area contributed by atoms with Crippen molar-refractivity contribution in [1.82, 2.24) is 15.5 Å². The number of rotatable bonds is 6. The lowest BCUT2D eigenvalue weighted by atomic mass is 10.1. The number of carbonyl (C=O) groups excluding carboxylic acids is 2. The molecule has 1 fully saturated rings. The maximum Gasteiger partial charge on any atom is 0.251 e. The smallest absolute Gasteiger partial charge is 0.251 e. The van der Waals surface area contributed by atoms with Gasteiger partial charge in [0.25, 0.3) is 5.91 Å². The van der Waals surface area contributed by atoms with E-state index in [1.807, 2.05) is 12.1 Å². The topological polar surface area (TPSA) is 61.4 Å². The average molecular weight is 275 g/mol. The quantitative estimate of drug-likeness (QED) is 0.805. The van der Waals surface area contributed by atoms with Gasteiger partial charge in [0.05, 0.1) is 6.54 Å². The van der Waals surface area contributed by atoms with E-state index in [-0.39, 0.29) is 11.8 Å². The second-order valence-electron chi connectivity index (χ2n) is 5.18. The molecule has 5 nitrogen and oxygen atoms in total. The van der Waals surface area contributed by atoms with Crippen LogP contribution in [-0.2, 0) is 11.3 Å². The zero-order valence-electron chi connectivity index (χ0n) is 12.0. The molecule has 1 saturated carbocycles. The molecule has 0 saturated heterocycles. The second-order valence-corrected chi connectivity index (χ2v) is 5.18. The molecule has 1 aromatic rings. The van der Waals surface area contributed by atoms with Crippen LogP contribution in [0.15, 0.2) is 24.3 Å². The Kier molecular flexibility index (Phi) is 4.74. The highest BCUT2D eigenvalue weighted by molar-refractivity contribution is 5.93. The maximum absolute atomic E-state index is 11.9. The van der Waals surface area contributed by atoms with Crippen LogP contribution in [0.1, 0.15) is 28.8 Å². The fraction of sp³-hybridized carbons (Fsp3) is 0.467. The van der Waals surface area contributed by atoms with Crippen LogP contribution < -0.4 is 10.6 Å². The summed E-state index contributed by atoms with van der Waals surface area (Å²) < 4.78 is 0. The van der Waals surface area contributed by atoms with Crippen molar-refractivity contribution >= 4 is 11.8 Å². The van der Waals surface area contributed by atoms with Crippen LogP contribution in [0.3, 0.4) is 0 Å². The second kappa shape index (κ2) is 6.52. The van der Waals surface area contributed by atoms with Gasteiger partial charge in [-0.1, -0.05) is 12.1 Å². The molecule has 20 heavy (non-hydrogen) atoms. The molecule has 0 bridgehead atoms. The van der Waals surface area contributed by atoms with Gasteiger partial charge in [-0.3, -0.25) is 9.59 Å². The van der Waals surface area contributed by atoms with E-state index in [9.17, 15) is 9.59 Å². The SMILES string of the molecule is CNC(=O)c1ccc(CN(C)C(=O)CNC2CC2)cc1. The third-order valence-corrected chi connectivity index (χ3v) is 3.41. The number of amides is 2. The highest BCUT2D eigenvalue weighted by Crippen LogP contribution is 2.18. The van der Waals surface area contributed by atoms with Gasteiger partial charge in [-0.2, -0.15) is 0 Å². The van der Waals surface area contributed by atoms with Crippen LogP contribution in [0.2, 0.25) is 0 Å². The van der Waals surface area contributed by atoms with Crippen molar-refractivity contribution in [2.24, 2.45) is 0 Å². The number of hydrogen-bond donors (Lipinski definition) is 2. The first-order valence-corrected chi connectivity index (χ1v) is 6.88. The van der Waals surface area contributed by atoms with Crippen LogP contribution in [0, 0.1) is 0 Å². The van der Waals surface area contributed by atoms with Crippen LogP contribution in [0.4, 0.5) is 0 Å². The molecule has 0 aromatic heterocycles. The van der Waals surface area contributed by atoms with E-state index in [1.54, 1.807) is 31.1 Å². The maximum atomic E-state index is 11.9. The van der Waals surface area contributed by atoms with Gasteiger partial charge >= 0.3 is 0 Å². The first-order chi connectivity index (χ1) is 9.60.